The summed E-state index contributed by atoms with van der Waals surface area (Å²) in [7, 11) is -1.45. The number of aliphatic hydroxyl groups excluding tert-OH is 1. The molecule has 2 aliphatic rings. The van der Waals surface area contributed by atoms with Crippen LogP contribution in [-0.4, -0.2) is 19.8 Å². The van der Waals surface area contributed by atoms with Gasteiger partial charge in [0.1, 0.15) is 0 Å². The molecule has 0 spiro atoms. The lowest BCUT2D eigenvalue weighted by Crippen LogP contribution is -2.41. The van der Waals surface area contributed by atoms with Gasteiger partial charge in [0.25, 0.3) is 0 Å². The van der Waals surface area contributed by atoms with Gasteiger partial charge in [0.15, 0.2) is 0 Å². The monoisotopic (exact) mass is 504 g/mol. The summed E-state index contributed by atoms with van der Waals surface area (Å²) < 4.78 is 0. The molecule has 36 heavy (non-hydrogen) atoms. The quantitative estimate of drug-likeness (QED) is 0.239. The van der Waals surface area contributed by atoms with E-state index in [2.05, 4.69) is 68.5 Å². The van der Waals surface area contributed by atoms with Crippen LogP contribution in [0.15, 0.2) is 48.5 Å². The molecule has 0 saturated heterocycles. The lowest BCUT2D eigenvalue weighted by Gasteiger charge is -2.38. The van der Waals surface area contributed by atoms with Crippen LogP contribution in [-0.2, 0) is 0 Å². The second kappa shape index (κ2) is 13.4. The smallest absolute Gasteiger partial charge is 0.0807 e. The molecule has 198 valence electrons. The van der Waals surface area contributed by atoms with Crippen LogP contribution in [0, 0.1) is 17.8 Å². The number of benzene rings is 2. The van der Waals surface area contributed by atoms with Gasteiger partial charge in [-0.3, -0.25) is 0 Å². The zero-order chi connectivity index (χ0) is 25.4. The summed E-state index contributed by atoms with van der Waals surface area (Å²) in [5.74, 6) is 3.83. The van der Waals surface area contributed by atoms with Gasteiger partial charge in [-0.05, 0) is 85.3 Å². The Morgan fingerprint density at radius 2 is 1.25 bits per heavy atom. The molecule has 4 rings (SSSR count). The number of hydrogen-bond donors (Lipinski definition) is 1. The average molecular weight is 505 g/mol. The minimum absolute atomic E-state index is 0.308. The molecule has 2 heteroatoms. The van der Waals surface area contributed by atoms with E-state index in [0.717, 1.165) is 36.1 Å². The fourth-order valence-electron chi connectivity index (χ4n) is 7.28. The van der Waals surface area contributed by atoms with E-state index >= 15 is 0 Å². The van der Waals surface area contributed by atoms with E-state index in [0.29, 0.717) is 6.61 Å². The molecule has 2 aromatic carbocycles. The summed E-state index contributed by atoms with van der Waals surface area (Å²) in [6.45, 7) is 7.47. The van der Waals surface area contributed by atoms with Crippen LogP contribution in [0.25, 0.3) is 11.1 Å². The third-order valence-electron chi connectivity index (χ3n) is 9.89. The molecule has 0 unspecified atom stereocenters. The predicted octanol–water partition coefficient (Wildman–Crippen LogP) is 9.31. The van der Waals surface area contributed by atoms with Gasteiger partial charge in [0.2, 0.25) is 0 Å². The molecule has 0 radical (unpaired) electrons. The Morgan fingerprint density at radius 3 is 1.81 bits per heavy atom. The van der Waals surface area contributed by atoms with E-state index in [9.17, 15) is 5.11 Å². The van der Waals surface area contributed by atoms with Crippen LogP contribution in [0.2, 0.25) is 19.1 Å². The normalized spacial score (nSPS) is 25.1. The first-order chi connectivity index (χ1) is 17.5. The summed E-state index contributed by atoms with van der Waals surface area (Å²) in [6, 6.07) is 20.0. The van der Waals surface area contributed by atoms with Gasteiger partial charge in [-0.15, -0.1) is 0 Å². The maximum atomic E-state index is 9.22. The van der Waals surface area contributed by atoms with Crippen LogP contribution in [0.3, 0.4) is 0 Å². The lowest BCUT2D eigenvalue weighted by molar-refractivity contribution is 0.155. The Balaban J connectivity index is 1.25. The molecule has 0 heterocycles. The largest absolute Gasteiger partial charge is 0.396 e. The van der Waals surface area contributed by atoms with Crippen molar-refractivity contribution in [1.29, 1.82) is 0 Å². The summed E-state index contributed by atoms with van der Waals surface area (Å²) in [4.78, 5) is 0. The Hall–Kier alpha value is -1.38. The second-order valence-electron chi connectivity index (χ2n) is 12.8. The van der Waals surface area contributed by atoms with Crippen molar-refractivity contribution < 1.29 is 5.11 Å². The Bertz CT molecular complexity index is 884. The molecule has 2 aromatic rings. The van der Waals surface area contributed by atoms with Gasteiger partial charge in [-0.25, -0.2) is 0 Å². The van der Waals surface area contributed by atoms with Gasteiger partial charge < -0.3 is 5.11 Å². The van der Waals surface area contributed by atoms with Crippen LogP contribution in [0.5, 0.6) is 0 Å². The van der Waals surface area contributed by atoms with E-state index in [-0.39, 0.29) is 0 Å². The highest BCUT2D eigenvalue weighted by Crippen LogP contribution is 2.44. The maximum absolute atomic E-state index is 9.22. The predicted molar refractivity (Wildman–Crippen MR) is 160 cm³/mol. The lowest BCUT2D eigenvalue weighted by atomic mass is 9.68. The fraction of sp³-hybridized carbons (Fsp3) is 0.647. The van der Waals surface area contributed by atoms with Crippen molar-refractivity contribution in [1.82, 2.24) is 0 Å². The van der Waals surface area contributed by atoms with Crippen molar-refractivity contribution in [2.24, 2.45) is 17.8 Å². The van der Waals surface area contributed by atoms with Crippen LogP contribution in [0.4, 0.5) is 0 Å². The molecule has 2 fully saturated rings. The average Bonchev–Trinajstić information content (AvgIpc) is 2.93. The topological polar surface area (TPSA) is 20.2 Å². The SMILES string of the molecule is CCCCCC1CCC(C2CCC(c3ccc(-c4ccc([Si](C)(C)CCCO)cc4)cc3)CC2)CC1. The molecule has 1 nitrogen and oxygen atoms in total. The molecule has 0 atom stereocenters. The molecule has 0 aliphatic heterocycles. The summed E-state index contributed by atoms with van der Waals surface area (Å²) in [6.07, 6.45) is 18.4. The Morgan fingerprint density at radius 1 is 0.694 bits per heavy atom. The molecule has 0 bridgehead atoms. The highest BCUT2D eigenvalue weighted by Gasteiger charge is 2.31. The van der Waals surface area contributed by atoms with Crippen LogP contribution < -0.4 is 5.19 Å². The highest BCUT2D eigenvalue weighted by molar-refractivity contribution is 6.89. The highest BCUT2D eigenvalue weighted by atomic mass is 28.3. The van der Waals surface area contributed by atoms with Crippen molar-refractivity contribution in [2.45, 2.75) is 115 Å². The second-order valence-corrected chi connectivity index (χ2v) is 17.6. The van der Waals surface area contributed by atoms with Crippen molar-refractivity contribution >= 4 is 13.3 Å². The first kappa shape index (κ1) is 27.6. The molecule has 2 aliphatic carbocycles. The number of rotatable bonds is 11. The summed E-state index contributed by atoms with van der Waals surface area (Å²) in [5, 5.41) is 10.7. The third kappa shape index (κ3) is 7.35. The van der Waals surface area contributed by atoms with Crippen molar-refractivity contribution in [3.63, 3.8) is 0 Å². The maximum Gasteiger partial charge on any atom is 0.0807 e. The molecule has 0 amide bonds. The molecular weight excluding hydrogens is 452 g/mol. The van der Waals surface area contributed by atoms with Gasteiger partial charge in [0.05, 0.1) is 8.07 Å². The van der Waals surface area contributed by atoms with Gasteiger partial charge in [-0.2, -0.15) is 0 Å². The summed E-state index contributed by atoms with van der Waals surface area (Å²) >= 11 is 0. The van der Waals surface area contributed by atoms with Crippen molar-refractivity contribution in [3.05, 3.63) is 54.1 Å². The van der Waals surface area contributed by atoms with Gasteiger partial charge >= 0.3 is 0 Å². The van der Waals surface area contributed by atoms with E-state index in [1.807, 2.05) is 0 Å². The molecule has 0 aromatic heterocycles. The first-order valence-corrected chi connectivity index (χ1v) is 18.5. The minimum atomic E-state index is -1.45. The van der Waals surface area contributed by atoms with Gasteiger partial charge in [0, 0.05) is 6.61 Å². The van der Waals surface area contributed by atoms with Gasteiger partial charge in [-0.1, -0.05) is 118 Å². The number of unbranched alkanes of at least 4 members (excludes halogenated alkanes) is 2. The first-order valence-electron chi connectivity index (χ1n) is 15.3. The summed E-state index contributed by atoms with van der Waals surface area (Å²) in [5.41, 5.74) is 4.22. The number of aliphatic hydroxyl groups is 1. The zero-order valence-corrected chi connectivity index (χ0v) is 24.5. The number of hydrogen-bond acceptors (Lipinski definition) is 1. The zero-order valence-electron chi connectivity index (χ0n) is 23.5. The van der Waals surface area contributed by atoms with E-state index < -0.39 is 8.07 Å². The fourth-order valence-corrected chi connectivity index (χ4v) is 9.68. The minimum Gasteiger partial charge on any atom is -0.396 e. The Labute approximate surface area is 223 Å². The van der Waals surface area contributed by atoms with Crippen LogP contribution >= 0.6 is 0 Å². The molecule has 1 N–H and O–H groups in total. The van der Waals surface area contributed by atoms with E-state index in [1.165, 1.54) is 93.4 Å². The molecular formula is C34H52OSi. The van der Waals surface area contributed by atoms with E-state index in [4.69, 9.17) is 0 Å². The standard InChI is InChI=1S/C34H52OSi/c1-4-5-6-8-27-9-11-28(12-10-27)29-13-15-30(16-14-29)31-17-19-32(20-18-31)33-21-23-34(24-22-33)36(2,3)26-7-25-35/h17-24,27-30,35H,4-16,25-26H2,1-3H3. The van der Waals surface area contributed by atoms with Crippen molar-refractivity contribution in [3.8, 4) is 11.1 Å². The third-order valence-corrected chi connectivity index (χ3v) is 13.4. The molecule has 2 saturated carbocycles. The Kier molecular flexibility index (Phi) is 10.3. The van der Waals surface area contributed by atoms with Crippen molar-refractivity contribution in [2.75, 3.05) is 6.61 Å². The van der Waals surface area contributed by atoms with E-state index in [1.54, 1.807) is 5.56 Å². The van der Waals surface area contributed by atoms with Crippen LogP contribution in [0.1, 0.15) is 102 Å².